The fourth-order valence-electron chi connectivity index (χ4n) is 4.00. The smallest absolute Gasteiger partial charge is 0.326 e. The Morgan fingerprint density at radius 3 is 1.91 bits per heavy atom. The average Bonchev–Trinajstić information content (AvgIpc) is 2.95. The summed E-state index contributed by atoms with van der Waals surface area (Å²) >= 11 is 1.53. The number of nitrogens with two attached hydrogens (primary N) is 1. The number of carboxylic acid groups (broad SMARTS) is 1. The Kier molecular flexibility index (Phi) is 16.9. The number of aliphatic carboxylic acids is 1. The molecule has 9 N–H and O–H groups in total. The standard InChI is InChI=1S/C29H46N6O8S/c1-16(2)12-22(29(42)43)34-28(41)25(17(3)4)35-24(38)15-32-27(40)21(13-18-6-8-19(36)9-7-18)33-23(37)14-31-26(39)20(30)10-11-44-5/h6-9,16-17,20-22,25,36H,10-15,30H2,1-5H3,(H,31,39)(H,32,40)(H,33,37)(H,34,41)(H,35,38)(H,42,43)/t20-,21-,22-,25-/m0/s1. The number of phenols is 1. The lowest BCUT2D eigenvalue weighted by molar-refractivity contribution is -0.143. The van der Waals surface area contributed by atoms with Crippen LogP contribution in [0.5, 0.6) is 5.75 Å². The SMILES string of the molecule is CSCC[C@H](N)C(=O)NCC(=O)N[C@@H](Cc1ccc(O)cc1)C(=O)NCC(=O)N[C@H](C(=O)N[C@@H](CC(C)C)C(=O)O)C(C)C. The molecule has 0 saturated heterocycles. The minimum absolute atomic E-state index is 0.00408. The second kappa shape index (κ2) is 19.4. The number of carboxylic acids is 1. The summed E-state index contributed by atoms with van der Waals surface area (Å²) in [6.07, 6.45) is 2.52. The van der Waals surface area contributed by atoms with Crippen molar-refractivity contribution in [2.45, 2.75) is 71.1 Å². The third-order valence-corrected chi connectivity index (χ3v) is 7.08. The van der Waals surface area contributed by atoms with Gasteiger partial charge in [0.2, 0.25) is 29.5 Å². The molecule has 0 radical (unpaired) electrons. The van der Waals surface area contributed by atoms with Gasteiger partial charge in [0.1, 0.15) is 23.9 Å². The Labute approximate surface area is 262 Å². The van der Waals surface area contributed by atoms with Crippen molar-refractivity contribution < 1.29 is 39.0 Å². The van der Waals surface area contributed by atoms with Crippen LogP contribution < -0.4 is 32.3 Å². The third kappa shape index (κ3) is 14.6. The highest BCUT2D eigenvalue weighted by Crippen LogP contribution is 2.12. The van der Waals surface area contributed by atoms with Gasteiger partial charge in [0.05, 0.1) is 19.1 Å². The van der Waals surface area contributed by atoms with E-state index in [1.54, 1.807) is 26.0 Å². The number of nitrogens with one attached hydrogen (secondary N) is 5. The number of amides is 5. The van der Waals surface area contributed by atoms with Crippen molar-refractivity contribution in [1.29, 1.82) is 0 Å². The Hall–Kier alpha value is -3.85. The lowest BCUT2D eigenvalue weighted by Crippen LogP contribution is -2.56. The second-order valence-electron chi connectivity index (χ2n) is 11.1. The van der Waals surface area contributed by atoms with E-state index >= 15 is 0 Å². The maximum absolute atomic E-state index is 13.1. The van der Waals surface area contributed by atoms with Crippen molar-refractivity contribution in [3.05, 3.63) is 29.8 Å². The molecule has 0 aliphatic carbocycles. The van der Waals surface area contributed by atoms with E-state index in [0.717, 1.165) is 0 Å². The molecule has 1 aromatic carbocycles. The van der Waals surface area contributed by atoms with Gasteiger partial charge in [0, 0.05) is 6.42 Å². The van der Waals surface area contributed by atoms with Crippen molar-refractivity contribution in [3.8, 4) is 5.75 Å². The molecular weight excluding hydrogens is 592 g/mol. The van der Waals surface area contributed by atoms with Gasteiger partial charge in [0.25, 0.3) is 0 Å². The molecule has 0 aliphatic heterocycles. The fraction of sp³-hybridized carbons (Fsp3) is 0.586. The van der Waals surface area contributed by atoms with Crippen LogP contribution in [-0.4, -0.2) is 95.0 Å². The molecule has 5 amide bonds. The number of carbonyl (C=O) groups excluding carboxylic acids is 5. The molecule has 0 spiro atoms. The molecule has 0 aliphatic rings. The van der Waals surface area contributed by atoms with E-state index in [1.807, 2.05) is 20.1 Å². The van der Waals surface area contributed by atoms with Crippen LogP contribution in [0, 0.1) is 11.8 Å². The summed E-state index contributed by atoms with van der Waals surface area (Å²) in [5, 5.41) is 31.4. The van der Waals surface area contributed by atoms with E-state index in [4.69, 9.17) is 5.73 Å². The zero-order valence-corrected chi connectivity index (χ0v) is 26.7. The van der Waals surface area contributed by atoms with Crippen LogP contribution in [0.2, 0.25) is 0 Å². The Balaban J connectivity index is 2.87. The molecule has 0 bridgehead atoms. The number of carbonyl (C=O) groups is 6. The minimum atomic E-state index is -1.19. The largest absolute Gasteiger partial charge is 0.508 e. The first-order valence-corrected chi connectivity index (χ1v) is 15.7. The van der Waals surface area contributed by atoms with Crippen LogP contribution >= 0.6 is 11.8 Å². The molecule has 246 valence electrons. The van der Waals surface area contributed by atoms with Gasteiger partial charge in [0.15, 0.2) is 0 Å². The zero-order valence-electron chi connectivity index (χ0n) is 25.8. The quantitative estimate of drug-likeness (QED) is 0.0967. The van der Waals surface area contributed by atoms with Gasteiger partial charge in [-0.3, -0.25) is 24.0 Å². The van der Waals surface area contributed by atoms with Crippen molar-refractivity contribution in [2.24, 2.45) is 17.6 Å². The first kappa shape index (κ1) is 38.2. The molecule has 1 rings (SSSR count). The zero-order chi connectivity index (χ0) is 33.4. The van der Waals surface area contributed by atoms with E-state index < -0.39 is 78.7 Å². The second-order valence-corrected chi connectivity index (χ2v) is 12.1. The summed E-state index contributed by atoms with van der Waals surface area (Å²) < 4.78 is 0. The summed E-state index contributed by atoms with van der Waals surface area (Å²) in [5.74, 6) is -4.14. The highest BCUT2D eigenvalue weighted by Gasteiger charge is 2.29. The number of rotatable bonds is 19. The fourth-order valence-corrected chi connectivity index (χ4v) is 4.49. The molecule has 15 heteroatoms. The highest BCUT2D eigenvalue weighted by molar-refractivity contribution is 7.98. The van der Waals surface area contributed by atoms with Crippen LogP contribution in [0.3, 0.4) is 0 Å². The maximum atomic E-state index is 13.1. The minimum Gasteiger partial charge on any atom is -0.508 e. The van der Waals surface area contributed by atoms with Gasteiger partial charge in [-0.05, 0) is 54.4 Å². The molecule has 0 heterocycles. The molecule has 44 heavy (non-hydrogen) atoms. The van der Waals surface area contributed by atoms with E-state index in [2.05, 4.69) is 26.6 Å². The number of aromatic hydroxyl groups is 1. The lowest BCUT2D eigenvalue weighted by atomic mass is 10.0. The van der Waals surface area contributed by atoms with E-state index in [9.17, 15) is 39.0 Å². The van der Waals surface area contributed by atoms with E-state index in [0.29, 0.717) is 17.7 Å². The normalized spacial score (nSPS) is 13.7. The Morgan fingerprint density at radius 2 is 1.39 bits per heavy atom. The van der Waals surface area contributed by atoms with Gasteiger partial charge in [-0.2, -0.15) is 11.8 Å². The number of hydrogen-bond donors (Lipinski definition) is 8. The summed E-state index contributed by atoms with van der Waals surface area (Å²) in [5.41, 5.74) is 6.42. The summed E-state index contributed by atoms with van der Waals surface area (Å²) in [4.78, 5) is 75.0. The topological polar surface area (TPSA) is 229 Å². The van der Waals surface area contributed by atoms with E-state index in [1.165, 1.54) is 23.9 Å². The Morgan fingerprint density at radius 1 is 0.818 bits per heavy atom. The molecule has 0 saturated carbocycles. The van der Waals surface area contributed by atoms with Gasteiger partial charge < -0.3 is 42.5 Å². The van der Waals surface area contributed by atoms with Crippen LogP contribution in [0.25, 0.3) is 0 Å². The predicted octanol–water partition coefficient (Wildman–Crippen LogP) is -0.511. The van der Waals surface area contributed by atoms with Crippen molar-refractivity contribution in [3.63, 3.8) is 0 Å². The summed E-state index contributed by atoms with van der Waals surface area (Å²) in [7, 11) is 0. The van der Waals surface area contributed by atoms with Crippen molar-refractivity contribution in [2.75, 3.05) is 25.1 Å². The van der Waals surface area contributed by atoms with Crippen molar-refractivity contribution >= 4 is 47.3 Å². The molecule has 0 unspecified atom stereocenters. The van der Waals surface area contributed by atoms with Gasteiger partial charge in [-0.15, -0.1) is 0 Å². The lowest BCUT2D eigenvalue weighted by Gasteiger charge is -2.25. The molecule has 0 aromatic heterocycles. The monoisotopic (exact) mass is 638 g/mol. The van der Waals surface area contributed by atoms with Crippen LogP contribution in [0.15, 0.2) is 24.3 Å². The number of benzene rings is 1. The van der Waals surface area contributed by atoms with Crippen LogP contribution in [-0.2, 0) is 35.2 Å². The first-order valence-electron chi connectivity index (χ1n) is 14.3. The number of thioether (sulfide) groups is 1. The number of hydrogen-bond acceptors (Lipinski definition) is 9. The van der Waals surface area contributed by atoms with Gasteiger partial charge in [-0.1, -0.05) is 39.8 Å². The predicted molar refractivity (Wildman–Crippen MR) is 167 cm³/mol. The molecule has 4 atom stereocenters. The van der Waals surface area contributed by atoms with Gasteiger partial charge in [-0.25, -0.2) is 4.79 Å². The molecular formula is C29H46N6O8S. The van der Waals surface area contributed by atoms with Crippen LogP contribution in [0.4, 0.5) is 0 Å². The first-order chi connectivity index (χ1) is 20.6. The van der Waals surface area contributed by atoms with Crippen molar-refractivity contribution in [1.82, 2.24) is 26.6 Å². The number of phenolic OH excluding ortho intramolecular Hbond substituents is 1. The summed E-state index contributed by atoms with van der Waals surface area (Å²) in [6.45, 7) is 6.04. The molecule has 0 fully saturated rings. The van der Waals surface area contributed by atoms with Crippen LogP contribution in [0.1, 0.15) is 46.1 Å². The summed E-state index contributed by atoms with van der Waals surface area (Å²) in [6, 6.07) is 1.84. The van der Waals surface area contributed by atoms with E-state index in [-0.39, 0.29) is 24.5 Å². The highest BCUT2D eigenvalue weighted by atomic mass is 32.2. The third-order valence-electron chi connectivity index (χ3n) is 6.43. The maximum Gasteiger partial charge on any atom is 0.326 e. The van der Waals surface area contributed by atoms with Gasteiger partial charge >= 0.3 is 5.97 Å². The molecule has 14 nitrogen and oxygen atoms in total. The molecule has 1 aromatic rings. The average molecular weight is 639 g/mol. The Bertz CT molecular complexity index is 1130.